The molecule has 2 nitrogen and oxygen atoms in total. The Balaban J connectivity index is 2.14. The number of fused-ring (bicyclic) bond motifs is 1. The second-order valence-electron chi connectivity index (χ2n) is 4.67. The van der Waals surface area contributed by atoms with Crippen molar-refractivity contribution >= 4 is 22.8 Å². The van der Waals surface area contributed by atoms with Crippen molar-refractivity contribution in [1.29, 1.82) is 0 Å². The van der Waals surface area contributed by atoms with Gasteiger partial charge in [0.15, 0.2) is 0 Å². The Hall–Kier alpha value is -2.02. The fourth-order valence-corrected chi connectivity index (χ4v) is 2.70. The van der Waals surface area contributed by atoms with Gasteiger partial charge >= 0.3 is 6.18 Å². The lowest BCUT2D eigenvalue weighted by atomic mass is 10.1. The minimum Gasteiger partial charge on any atom is -0.346 e. The Bertz CT molecular complexity index is 839. The van der Waals surface area contributed by atoms with E-state index >= 15 is 0 Å². The molecule has 0 aliphatic heterocycles. The van der Waals surface area contributed by atoms with Crippen LogP contribution in [0.1, 0.15) is 5.56 Å². The summed E-state index contributed by atoms with van der Waals surface area (Å²) in [6.45, 7) is 0. The molecular weight excluding hydrogens is 316 g/mol. The molecule has 0 aliphatic rings. The molecule has 0 fully saturated rings. The minimum absolute atomic E-state index is 0.0284. The number of benzene rings is 1. The van der Waals surface area contributed by atoms with E-state index in [0.29, 0.717) is 16.0 Å². The average Bonchev–Trinajstić information content (AvgIpc) is 2.90. The molecule has 0 bridgehead atoms. The number of halogens is 4. The molecule has 1 N–H and O–H groups in total. The van der Waals surface area contributed by atoms with Gasteiger partial charge in [0.25, 0.3) is 0 Å². The van der Waals surface area contributed by atoms with Crippen LogP contribution in [-0.4, -0.2) is 16.2 Å². The summed E-state index contributed by atoms with van der Waals surface area (Å²) in [6.07, 6.45) is -0.404. The predicted octanol–water partition coefficient (Wildman–Crippen LogP) is 5.11. The number of pyridine rings is 1. The van der Waals surface area contributed by atoms with Crippen molar-refractivity contribution < 1.29 is 17.6 Å². The molecule has 2 aromatic heterocycles. The second-order valence-corrected chi connectivity index (χ2v) is 5.52. The van der Waals surface area contributed by atoms with Crippen LogP contribution in [0, 0.1) is 5.82 Å². The first-order chi connectivity index (χ1) is 10.4. The number of hydrogen-bond acceptors (Lipinski definition) is 2. The molecular formula is C15H10F4N2S. The van der Waals surface area contributed by atoms with Crippen LogP contribution in [0.25, 0.3) is 22.2 Å². The van der Waals surface area contributed by atoms with Crippen molar-refractivity contribution in [2.24, 2.45) is 0 Å². The molecule has 0 spiro atoms. The summed E-state index contributed by atoms with van der Waals surface area (Å²) in [7, 11) is 0. The van der Waals surface area contributed by atoms with Crippen LogP contribution in [0.3, 0.4) is 0 Å². The Kier molecular flexibility index (Phi) is 3.60. The number of H-pyrrole nitrogens is 1. The Morgan fingerprint density at radius 2 is 1.91 bits per heavy atom. The average molecular weight is 326 g/mol. The largest absolute Gasteiger partial charge is 0.418 e. The SMILES string of the molecule is CSc1ccc(-c2cnc3[nH]cc(C(F)(F)F)c3c2)cc1F. The van der Waals surface area contributed by atoms with Crippen molar-refractivity contribution in [3.05, 3.63) is 48.0 Å². The van der Waals surface area contributed by atoms with Crippen LogP contribution < -0.4 is 0 Å². The first-order valence-corrected chi connectivity index (χ1v) is 7.51. The van der Waals surface area contributed by atoms with Gasteiger partial charge < -0.3 is 4.98 Å². The fourth-order valence-electron chi connectivity index (χ4n) is 2.24. The molecule has 0 radical (unpaired) electrons. The van der Waals surface area contributed by atoms with E-state index in [-0.39, 0.29) is 11.0 Å². The van der Waals surface area contributed by atoms with E-state index in [4.69, 9.17) is 0 Å². The van der Waals surface area contributed by atoms with Crippen molar-refractivity contribution in [3.63, 3.8) is 0 Å². The fraction of sp³-hybridized carbons (Fsp3) is 0.133. The van der Waals surface area contributed by atoms with Gasteiger partial charge in [-0.05, 0) is 30.0 Å². The van der Waals surface area contributed by atoms with Crippen molar-refractivity contribution in [1.82, 2.24) is 9.97 Å². The maximum absolute atomic E-state index is 13.8. The van der Waals surface area contributed by atoms with Gasteiger partial charge in [-0.25, -0.2) is 9.37 Å². The number of thioether (sulfide) groups is 1. The van der Waals surface area contributed by atoms with E-state index in [1.54, 1.807) is 18.4 Å². The van der Waals surface area contributed by atoms with E-state index in [2.05, 4.69) is 9.97 Å². The van der Waals surface area contributed by atoms with Crippen LogP contribution in [0.5, 0.6) is 0 Å². The highest BCUT2D eigenvalue weighted by Crippen LogP contribution is 2.36. The third-order valence-corrected chi connectivity index (χ3v) is 4.09. The third-order valence-electron chi connectivity index (χ3n) is 3.32. The standard InChI is InChI=1S/C15H10F4N2S/c1-22-13-3-2-8(5-12(13)16)9-4-10-11(15(17,18)19)7-21-14(10)20-6-9/h2-7H,1H3,(H,20,21). The zero-order valence-corrected chi connectivity index (χ0v) is 12.1. The lowest BCUT2D eigenvalue weighted by Crippen LogP contribution is -2.03. The first kappa shape index (κ1) is 14.9. The first-order valence-electron chi connectivity index (χ1n) is 6.28. The van der Waals surface area contributed by atoms with E-state index in [1.807, 2.05) is 0 Å². The highest BCUT2D eigenvalue weighted by atomic mass is 32.2. The van der Waals surface area contributed by atoms with Crippen LogP contribution >= 0.6 is 11.8 Å². The summed E-state index contributed by atoms with van der Waals surface area (Å²) in [5, 5.41) is -0.0284. The zero-order valence-electron chi connectivity index (χ0n) is 11.3. The van der Waals surface area contributed by atoms with Gasteiger partial charge in [-0.15, -0.1) is 11.8 Å². The molecule has 3 aromatic rings. The molecule has 2 heterocycles. The number of nitrogens with zero attached hydrogens (tertiary/aromatic N) is 1. The Morgan fingerprint density at radius 1 is 1.14 bits per heavy atom. The quantitative estimate of drug-likeness (QED) is 0.524. The van der Waals surface area contributed by atoms with Crippen molar-refractivity contribution in [2.75, 3.05) is 6.26 Å². The summed E-state index contributed by atoms with van der Waals surface area (Å²) in [6, 6.07) is 5.93. The van der Waals surface area contributed by atoms with E-state index in [9.17, 15) is 17.6 Å². The predicted molar refractivity (Wildman–Crippen MR) is 78.3 cm³/mol. The summed E-state index contributed by atoms with van der Waals surface area (Å²) in [5.74, 6) is -0.407. The molecule has 114 valence electrons. The Labute approximate surface area is 127 Å². The molecule has 0 aliphatic carbocycles. The molecule has 0 atom stereocenters. The number of alkyl halides is 3. The van der Waals surface area contributed by atoms with Gasteiger partial charge in [-0.1, -0.05) is 6.07 Å². The zero-order chi connectivity index (χ0) is 15.9. The monoisotopic (exact) mass is 326 g/mol. The lowest BCUT2D eigenvalue weighted by Gasteiger charge is -2.07. The number of aromatic nitrogens is 2. The molecule has 7 heteroatoms. The van der Waals surface area contributed by atoms with Crippen LogP contribution in [0.15, 0.2) is 41.6 Å². The smallest absolute Gasteiger partial charge is 0.346 e. The van der Waals surface area contributed by atoms with Gasteiger partial charge in [-0.2, -0.15) is 13.2 Å². The third kappa shape index (κ3) is 2.56. The summed E-state index contributed by atoms with van der Waals surface area (Å²) >= 11 is 1.26. The molecule has 0 saturated carbocycles. The normalized spacial score (nSPS) is 12.0. The van der Waals surface area contributed by atoms with Gasteiger partial charge in [0.2, 0.25) is 0 Å². The topological polar surface area (TPSA) is 28.7 Å². The molecule has 0 saturated heterocycles. The molecule has 3 rings (SSSR count). The number of rotatable bonds is 2. The van der Waals surface area contributed by atoms with Gasteiger partial charge in [-0.3, -0.25) is 0 Å². The van der Waals surface area contributed by atoms with E-state index in [1.165, 1.54) is 30.1 Å². The van der Waals surface area contributed by atoms with Crippen molar-refractivity contribution in [3.8, 4) is 11.1 Å². The highest BCUT2D eigenvalue weighted by molar-refractivity contribution is 7.98. The molecule has 0 amide bonds. The molecule has 0 unspecified atom stereocenters. The van der Waals surface area contributed by atoms with Gasteiger partial charge in [0, 0.05) is 28.2 Å². The number of aromatic amines is 1. The van der Waals surface area contributed by atoms with Crippen LogP contribution in [-0.2, 0) is 6.18 Å². The van der Waals surface area contributed by atoms with Crippen LogP contribution in [0.2, 0.25) is 0 Å². The highest BCUT2D eigenvalue weighted by Gasteiger charge is 2.33. The summed E-state index contributed by atoms with van der Waals surface area (Å²) < 4.78 is 52.6. The van der Waals surface area contributed by atoms with Crippen molar-refractivity contribution in [2.45, 2.75) is 11.1 Å². The lowest BCUT2D eigenvalue weighted by molar-refractivity contribution is -0.136. The van der Waals surface area contributed by atoms with E-state index in [0.717, 1.165) is 6.20 Å². The number of nitrogens with one attached hydrogen (secondary N) is 1. The minimum atomic E-state index is -4.47. The maximum atomic E-state index is 13.8. The second kappa shape index (κ2) is 5.31. The van der Waals surface area contributed by atoms with Gasteiger partial charge in [0.1, 0.15) is 11.5 Å². The molecule has 1 aromatic carbocycles. The van der Waals surface area contributed by atoms with E-state index < -0.39 is 17.6 Å². The summed E-state index contributed by atoms with van der Waals surface area (Å²) in [4.78, 5) is 6.96. The Morgan fingerprint density at radius 3 is 2.55 bits per heavy atom. The van der Waals surface area contributed by atoms with Crippen LogP contribution in [0.4, 0.5) is 17.6 Å². The molecule has 22 heavy (non-hydrogen) atoms. The summed E-state index contributed by atoms with van der Waals surface area (Å²) in [5.41, 5.74) is 0.290. The number of hydrogen-bond donors (Lipinski definition) is 1. The van der Waals surface area contributed by atoms with Gasteiger partial charge in [0.05, 0.1) is 5.56 Å². The maximum Gasteiger partial charge on any atom is 0.418 e.